The number of piperazine rings is 1. The molecule has 0 atom stereocenters. The Morgan fingerprint density at radius 3 is 2.69 bits per heavy atom. The van der Waals surface area contributed by atoms with Crippen LogP contribution in [-0.2, 0) is 9.59 Å². The van der Waals surface area contributed by atoms with Gasteiger partial charge in [-0.1, -0.05) is 12.1 Å². The van der Waals surface area contributed by atoms with Crippen molar-refractivity contribution in [3.63, 3.8) is 0 Å². The Labute approximate surface area is 149 Å². The van der Waals surface area contributed by atoms with E-state index in [9.17, 15) is 18.4 Å². The number of nitrogens with zero attached hydrogens (tertiary/aromatic N) is 2. The maximum atomic E-state index is 13.7. The first-order chi connectivity index (χ1) is 12.4. The van der Waals surface area contributed by atoms with Gasteiger partial charge in [0.2, 0.25) is 5.91 Å². The molecule has 0 unspecified atom stereocenters. The van der Waals surface area contributed by atoms with Gasteiger partial charge < -0.3 is 14.5 Å². The summed E-state index contributed by atoms with van der Waals surface area (Å²) in [5.74, 6) is -1.68. The minimum Gasteiger partial charge on any atom is -0.481 e. The van der Waals surface area contributed by atoms with Crippen LogP contribution in [-0.4, -0.2) is 43.0 Å². The number of ether oxygens (including phenoxy) is 1. The monoisotopic (exact) mass is 360 g/mol. The fraction of sp³-hybridized carbons (Fsp3) is 0.263. The van der Waals surface area contributed by atoms with Crippen LogP contribution in [0.25, 0.3) is 0 Å². The van der Waals surface area contributed by atoms with E-state index >= 15 is 0 Å². The fourth-order valence-corrected chi connectivity index (χ4v) is 2.76. The highest BCUT2D eigenvalue weighted by molar-refractivity contribution is 5.98. The van der Waals surface area contributed by atoms with Crippen LogP contribution < -0.4 is 9.64 Å². The number of anilines is 1. The van der Waals surface area contributed by atoms with Crippen LogP contribution in [0.2, 0.25) is 0 Å². The van der Waals surface area contributed by atoms with E-state index in [1.54, 1.807) is 19.1 Å². The number of halogens is 2. The van der Waals surface area contributed by atoms with Crippen LogP contribution >= 0.6 is 0 Å². The van der Waals surface area contributed by atoms with Crippen LogP contribution in [0.15, 0.2) is 42.5 Å². The van der Waals surface area contributed by atoms with Gasteiger partial charge in [-0.15, -0.1) is 0 Å². The van der Waals surface area contributed by atoms with Gasteiger partial charge in [-0.25, -0.2) is 8.78 Å². The van der Waals surface area contributed by atoms with Crippen LogP contribution in [0.5, 0.6) is 5.75 Å². The van der Waals surface area contributed by atoms with Crippen molar-refractivity contribution < 1.29 is 23.1 Å². The molecule has 136 valence electrons. The quantitative estimate of drug-likeness (QED) is 0.842. The summed E-state index contributed by atoms with van der Waals surface area (Å²) < 4.78 is 32.2. The molecule has 0 aliphatic carbocycles. The lowest BCUT2D eigenvalue weighted by molar-refractivity contribution is -0.138. The van der Waals surface area contributed by atoms with Gasteiger partial charge in [0.15, 0.2) is 18.2 Å². The molecular weight excluding hydrogens is 342 g/mol. The summed E-state index contributed by atoms with van der Waals surface area (Å²) in [4.78, 5) is 27.4. The van der Waals surface area contributed by atoms with Crippen LogP contribution in [0, 0.1) is 18.6 Å². The van der Waals surface area contributed by atoms with Crippen molar-refractivity contribution in [2.45, 2.75) is 6.92 Å². The van der Waals surface area contributed by atoms with Crippen LogP contribution in [0.1, 0.15) is 5.56 Å². The zero-order valence-corrected chi connectivity index (χ0v) is 14.2. The number of hydrogen-bond acceptors (Lipinski definition) is 3. The second kappa shape index (κ2) is 7.51. The molecule has 7 heteroatoms. The van der Waals surface area contributed by atoms with Gasteiger partial charge >= 0.3 is 0 Å². The Hall–Kier alpha value is -2.96. The molecule has 1 aliphatic heterocycles. The highest BCUT2D eigenvalue weighted by Crippen LogP contribution is 2.20. The van der Waals surface area contributed by atoms with Crippen molar-refractivity contribution in [2.24, 2.45) is 0 Å². The highest BCUT2D eigenvalue weighted by Gasteiger charge is 2.28. The molecule has 0 saturated carbocycles. The third kappa shape index (κ3) is 3.99. The van der Waals surface area contributed by atoms with Crippen molar-refractivity contribution in [2.75, 3.05) is 31.1 Å². The predicted molar refractivity (Wildman–Crippen MR) is 92.0 cm³/mol. The molecule has 1 heterocycles. The minimum atomic E-state index is -0.546. The SMILES string of the molecule is Cc1ccc(F)c(OCC(=O)N2CCN(c3cccc(F)c3)C(=O)C2)c1. The first-order valence-corrected chi connectivity index (χ1v) is 8.17. The van der Waals surface area contributed by atoms with Crippen molar-refractivity contribution in [3.8, 4) is 5.75 Å². The molecule has 2 aromatic carbocycles. The average molecular weight is 360 g/mol. The number of carbonyl (C=O) groups is 2. The summed E-state index contributed by atoms with van der Waals surface area (Å²) >= 11 is 0. The minimum absolute atomic E-state index is 0.00285. The molecule has 0 aromatic heterocycles. The molecule has 0 bridgehead atoms. The van der Waals surface area contributed by atoms with Gasteiger partial charge in [-0.3, -0.25) is 9.59 Å². The Balaban J connectivity index is 1.59. The van der Waals surface area contributed by atoms with Gasteiger partial charge in [0.25, 0.3) is 5.91 Å². The van der Waals surface area contributed by atoms with E-state index in [4.69, 9.17) is 4.74 Å². The Bertz CT molecular complexity index is 841. The van der Waals surface area contributed by atoms with Crippen molar-refractivity contribution in [1.29, 1.82) is 0 Å². The van der Waals surface area contributed by atoms with Gasteiger partial charge in [0.05, 0.1) is 0 Å². The summed E-state index contributed by atoms with van der Waals surface area (Å²) in [6.07, 6.45) is 0. The lowest BCUT2D eigenvalue weighted by atomic mass is 10.2. The van der Waals surface area contributed by atoms with E-state index in [2.05, 4.69) is 0 Å². The standard InChI is InChI=1S/C19H18F2N2O3/c1-13-5-6-16(21)17(9-13)26-12-19(25)22-7-8-23(18(24)11-22)15-4-2-3-14(20)10-15/h2-6,9-10H,7-8,11-12H2,1H3. The summed E-state index contributed by atoms with van der Waals surface area (Å²) in [6, 6.07) is 10.1. The molecule has 5 nitrogen and oxygen atoms in total. The normalized spacial score (nSPS) is 14.5. The molecule has 0 N–H and O–H groups in total. The summed E-state index contributed by atoms with van der Waals surface area (Å²) in [5.41, 5.74) is 1.27. The molecule has 2 aromatic rings. The molecule has 0 spiro atoms. The number of hydrogen-bond donors (Lipinski definition) is 0. The third-order valence-corrected chi connectivity index (χ3v) is 4.13. The van der Waals surface area contributed by atoms with E-state index in [-0.39, 0.29) is 31.4 Å². The summed E-state index contributed by atoms with van der Waals surface area (Å²) in [7, 11) is 0. The zero-order chi connectivity index (χ0) is 18.7. The second-order valence-electron chi connectivity index (χ2n) is 6.06. The molecule has 0 radical (unpaired) electrons. The van der Waals surface area contributed by atoms with Gasteiger partial charge in [-0.05, 0) is 42.8 Å². The Kier molecular flexibility index (Phi) is 5.16. The first kappa shape index (κ1) is 17.8. The number of rotatable bonds is 4. The molecule has 1 fully saturated rings. The maximum Gasteiger partial charge on any atom is 0.261 e. The van der Waals surface area contributed by atoms with E-state index in [0.717, 1.165) is 5.56 Å². The highest BCUT2D eigenvalue weighted by atomic mass is 19.1. The summed E-state index contributed by atoms with van der Waals surface area (Å²) in [5, 5.41) is 0. The first-order valence-electron chi connectivity index (χ1n) is 8.17. The van der Waals surface area contributed by atoms with E-state index in [1.165, 1.54) is 40.1 Å². The molecule has 1 aliphatic rings. The Morgan fingerprint density at radius 1 is 1.15 bits per heavy atom. The third-order valence-electron chi connectivity index (χ3n) is 4.13. The Morgan fingerprint density at radius 2 is 1.96 bits per heavy atom. The maximum absolute atomic E-state index is 13.7. The molecule has 1 saturated heterocycles. The predicted octanol–water partition coefficient (Wildman–Crippen LogP) is 2.53. The number of benzene rings is 2. The van der Waals surface area contributed by atoms with Gasteiger partial charge in [-0.2, -0.15) is 0 Å². The van der Waals surface area contributed by atoms with Crippen molar-refractivity contribution >= 4 is 17.5 Å². The number of amides is 2. The zero-order valence-electron chi connectivity index (χ0n) is 14.2. The van der Waals surface area contributed by atoms with Gasteiger partial charge in [0.1, 0.15) is 12.4 Å². The topological polar surface area (TPSA) is 49.9 Å². The van der Waals surface area contributed by atoms with E-state index < -0.39 is 17.5 Å². The largest absolute Gasteiger partial charge is 0.481 e. The molecule has 3 rings (SSSR count). The van der Waals surface area contributed by atoms with Gasteiger partial charge in [0, 0.05) is 18.8 Å². The lowest BCUT2D eigenvalue weighted by Gasteiger charge is -2.34. The molecule has 2 amide bonds. The van der Waals surface area contributed by atoms with Crippen molar-refractivity contribution in [3.05, 3.63) is 59.7 Å². The smallest absolute Gasteiger partial charge is 0.261 e. The number of aryl methyl sites for hydroxylation is 1. The molecular formula is C19H18F2N2O3. The van der Waals surface area contributed by atoms with E-state index in [1.807, 2.05) is 0 Å². The lowest BCUT2D eigenvalue weighted by Crippen LogP contribution is -2.53. The van der Waals surface area contributed by atoms with Crippen LogP contribution in [0.4, 0.5) is 14.5 Å². The van der Waals surface area contributed by atoms with E-state index in [0.29, 0.717) is 12.2 Å². The summed E-state index contributed by atoms with van der Waals surface area (Å²) in [6.45, 7) is 1.86. The number of carbonyl (C=O) groups excluding carboxylic acids is 2. The second-order valence-corrected chi connectivity index (χ2v) is 6.06. The van der Waals surface area contributed by atoms with Crippen LogP contribution in [0.3, 0.4) is 0 Å². The molecule has 26 heavy (non-hydrogen) atoms. The average Bonchev–Trinajstić information content (AvgIpc) is 2.62. The fourth-order valence-electron chi connectivity index (χ4n) is 2.76. The van der Waals surface area contributed by atoms with Crippen molar-refractivity contribution in [1.82, 2.24) is 4.90 Å².